The molecule has 1 heterocycles. The Morgan fingerprint density at radius 3 is 2.38 bits per heavy atom. The average molecular weight is 341 g/mol. The summed E-state index contributed by atoms with van der Waals surface area (Å²) in [5, 5.41) is 2.54. The lowest BCUT2D eigenvalue weighted by molar-refractivity contribution is -0.137. The molecule has 0 spiro atoms. The Morgan fingerprint density at radius 2 is 1.83 bits per heavy atom. The molecule has 0 bridgehead atoms. The average Bonchev–Trinajstić information content (AvgIpc) is 2.54. The number of aromatic nitrogens is 2. The molecule has 0 unspecified atom stereocenters. The topological polar surface area (TPSA) is 73.3 Å². The summed E-state index contributed by atoms with van der Waals surface area (Å²) in [5.74, 6) is -0.329. The lowest BCUT2D eigenvalue weighted by atomic mass is 10.1. The van der Waals surface area contributed by atoms with Crippen molar-refractivity contribution in [3.63, 3.8) is 0 Å². The summed E-state index contributed by atoms with van der Waals surface area (Å²) in [7, 11) is 2.75. The second-order valence-corrected chi connectivity index (χ2v) is 4.70. The number of rotatable bonds is 5. The molecule has 128 valence electrons. The molecular formula is C15H14F3N3O3. The zero-order chi connectivity index (χ0) is 17.7. The van der Waals surface area contributed by atoms with Crippen molar-refractivity contribution in [1.82, 2.24) is 9.97 Å². The minimum Gasteiger partial charge on any atom is -0.479 e. The molecule has 9 heteroatoms. The highest BCUT2D eigenvalue weighted by molar-refractivity contribution is 5.93. The van der Waals surface area contributed by atoms with Gasteiger partial charge in [-0.3, -0.25) is 4.79 Å². The van der Waals surface area contributed by atoms with Crippen LogP contribution in [-0.2, 0) is 17.4 Å². The first kappa shape index (κ1) is 17.5. The summed E-state index contributed by atoms with van der Waals surface area (Å²) in [4.78, 5) is 19.8. The number of anilines is 1. The number of nitrogens with zero attached hydrogens (tertiary/aromatic N) is 2. The lowest BCUT2D eigenvalue weighted by Crippen LogP contribution is -2.16. The summed E-state index contributed by atoms with van der Waals surface area (Å²) in [6, 6.07) is 4.45. The Balaban J connectivity index is 2.06. The third-order valence-electron chi connectivity index (χ3n) is 3.03. The molecule has 6 nitrogen and oxygen atoms in total. The summed E-state index contributed by atoms with van der Waals surface area (Å²) in [6.07, 6.45) is -3.20. The molecule has 1 N–H and O–H groups in total. The SMILES string of the molecule is COc1ncc(NC(=O)Cc2ccc(C(F)(F)F)cc2)c(OC)n1. The predicted octanol–water partition coefficient (Wildman–Crippen LogP) is 2.69. The van der Waals surface area contributed by atoms with Crippen LogP contribution in [0.5, 0.6) is 11.9 Å². The molecular weight excluding hydrogens is 327 g/mol. The van der Waals surface area contributed by atoms with Crippen molar-refractivity contribution in [2.45, 2.75) is 12.6 Å². The van der Waals surface area contributed by atoms with Crippen LogP contribution < -0.4 is 14.8 Å². The number of hydrogen-bond acceptors (Lipinski definition) is 5. The van der Waals surface area contributed by atoms with Gasteiger partial charge in [0.15, 0.2) is 0 Å². The number of nitrogens with one attached hydrogen (secondary N) is 1. The van der Waals surface area contributed by atoms with Gasteiger partial charge in [-0.15, -0.1) is 0 Å². The fourth-order valence-corrected chi connectivity index (χ4v) is 1.88. The van der Waals surface area contributed by atoms with E-state index in [9.17, 15) is 18.0 Å². The van der Waals surface area contributed by atoms with E-state index < -0.39 is 17.6 Å². The number of amides is 1. The minimum absolute atomic E-state index is 0.0765. The van der Waals surface area contributed by atoms with Crippen molar-refractivity contribution in [3.05, 3.63) is 41.6 Å². The lowest BCUT2D eigenvalue weighted by Gasteiger charge is -2.10. The van der Waals surface area contributed by atoms with Crippen LogP contribution in [0, 0.1) is 0 Å². The van der Waals surface area contributed by atoms with Gasteiger partial charge in [0.1, 0.15) is 5.69 Å². The van der Waals surface area contributed by atoms with Crippen LogP contribution in [0.2, 0.25) is 0 Å². The van der Waals surface area contributed by atoms with Gasteiger partial charge in [0.05, 0.1) is 32.4 Å². The second-order valence-electron chi connectivity index (χ2n) is 4.70. The minimum atomic E-state index is -4.41. The number of ether oxygens (including phenoxy) is 2. The highest BCUT2D eigenvalue weighted by atomic mass is 19.4. The standard InChI is InChI=1S/C15H14F3N3O3/c1-23-13-11(8-19-14(21-13)24-2)20-12(22)7-9-3-5-10(6-4-9)15(16,17)18/h3-6,8H,7H2,1-2H3,(H,20,22). The van der Waals surface area contributed by atoms with E-state index in [-0.39, 0.29) is 24.0 Å². The van der Waals surface area contributed by atoms with Crippen molar-refractivity contribution >= 4 is 11.6 Å². The van der Waals surface area contributed by atoms with Crippen molar-refractivity contribution in [2.75, 3.05) is 19.5 Å². The fourth-order valence-electron chi connectivity index (χ4n) is 1.88. The first-order chi connectivity index (χ1) is 11.3. The third-order valence-corrected chi connectivity index (χ3v) is 3.03. The molecule has 0 aliphatic carbocycles. The maximum Gasteiger partial charge on any atom is 0.416 e. The zero-order valence-corrected chi connectivity index (χ0v) is 12.8. The number of carbonyl (C=O) groups excluding carboxylic acids is 1. The van der Waals surface area contributed by atoms with E-state index >= 15 is 0 Å². The number of carbonyl (C=O) groups is 1. The Kier molecular flexibility index (Phi) is 5.22. The molecule has 0 aliphatic rings. The summed E-state index contributed by atoms with van der Waals surface area (Å²) in [5.41, 5.74) is -0.0963. The van der Waals surface area contributed by atoms with Gasteiger partial charge in [0.25, 0.3) is 0 Å². The van der Waals surface area contributed by atoms with Crippen molar-refractivity contribution in [3.8, 4) is 11.9 Å². The molecule has 1 aromatic carbocycles. The summed E-state index contributed by atoms with van der Waals surface area (Å²) in [6.45, 7) is 0. The highest BCUT2D eigenvalue weighted by Crippen LogP contribution is 2.29. The third kappa shape index (κ3) is 4.34. The Morgan fingerprint density at radius 1 is 1.17 bits per heavy atom. The van der Waals surface area contributed by atoms with Crippen molar-refractivity contribution in [2.24, 2.45) is 0 Å². The van der Waals surface area contributed by atoms with Gasteiger partial charge in [-0.05, 0) is 17.7 Å². The Hall–Kier alpha value is -2.84. The molecule has 2 rings (SSSR count). The van der Waals surface area contributed by atoms with Crippen LogP contribution in [0.25, 0.3) is 0 Å². The number of methoxy groups -OCH3 is 2. The number of halogens is 3. The van der Waals surface area contributed by atoms with Gasteiger partial charge in [-0.2, -0.15) is 18.2 Å². The molecule has 0 aliphatic heterocycles. The summed E-state index contributed by atoms with van der Waals surface area (Å²) >= 11 is 0. The predicted molar refractivity (Wildman–Crippen MR) is 78.9 cm³/mol. The van der Waals surface area contributed by atoms with Gasteiger partial charge < -0.3 is 14.8 Å². The van der Waals surface area contributed by atoms with Crippen LogP contribution >= 0.6 is 0 Å². The quantitative estimate of drug-likeness (QED) is 0.905. The van der Waals surface area contributed by atoms with E-state index in [1.165, 1.54) is 32.5 Å². The van der Waals surface area contributed by atoms with Crippen LogP contribution in [0.3, 0.4) is 0 Å². The van der Waals surface area contributed by atoms with Gasteiger partial charge in [0, 0.05) is 0 Å². The normalized spacial score (nSPS) is 11.0. The van der Waals surface area contributed by atoms with Crippen molar-refractivity contribution < 1.29 is 27.4 Å². The number of benzene rings is 1. The van der Waals surface area contributed by atoms with E-state index in [4.69, 9.17) is 9.47 Å². The molecule has 0 saturated carbocycles. The van der Waals surface area contributed by atoms with Gasteiger partial charge in [0.2, 0.25) is 11.8 Å². The monoisotopic (exact) mass is 341 g/mol. The van der Waals surface area contributed by atoms with Gasteiger partial charge in [-0.25, -0.2) is 4.98 Å². The van der Waals surface area contributed by atoms with E-state index in [2.05, 4.69) is 15.3 Å². The van der Waals surface area contributed by atoms with Crippen LogP contribution in [0.4, 0.5) is 18.9 Å². The zero-order valence-electron chi connectivity index (χ0n) is 12.8. The summed E-state index contributed by atoms with van der Waals surface area (Å²) < 4.78 is 47.4. The second kappa shape index (κ2) is 7.16. The van der Waals surface area contributed by atoms with Gasteiger partial charge >= 0.3 is 12.2 Å². The fraction of sp³-hybridized carbons (Fsp3) is 0.267. The molecule has 0 radical (unpaired) electrons. The molecule has 0 atom stereocenters. The maximum absolute atomic E-state index is 12.5. The molecule has 2 aromatic rings. The van der Waals surface area contributed by atoms with E-state index in [1.54, 1.807) is 0 Å². The Bertz CT molecular complexity index is 718. The largest absolute Gasteiger partial charge is 0.479 e. The molecule has 0 fully saturated rings. The van der Waals surface area contributed by atoms with Crippen LogP contribution in [0.1, 0.15) is 11.1 Å². The van der Waals surface area contributed by atoms with E-state index in [0.717, 1.165) is 12.1 Å². The van der Waals surface area contributed by atoms with Crippen LogP contribution in [0.15, 0.2) is 30.5 Å². The molecule has 1 aromatic heterocycles. The van der Waals surface area contributed by atoms with Gasteiger partial charge in [-0.1, -0.05) is 12.1 Å². The maximum atomic E-state index is 12.5. The highest BCUT2D eigenvalue weighted by Gasteiger charge is 2.29. The first-order valence-corrected chi connectivity index (χ1v) is 6.74. The van der Waals surface area contributed by atoms with Crippen LogP contribution in [-0.4, -0.2) is 30.1 Å². The Labute approximate surface area is 135 Å². The first-order valence-electron chi connectivity index (χ1n) is 6.74. The number of alkyl halides is 3. The van der Waals surface area contributed by atoms with E-state index in [0.29, 0.717) is 5.56 Å². The molecule has 24 heavy (non-hydrogen) atoms. The number of hydrogen-bond donors (Lipinski definition) is 1. The van der Waals surface area contributed by atoms with E-state index in [1.807, 2.05) is 0 Å². The molecule has 1 amide bonds. The smallest absolute Gasteiger partial charge is 0.416 e. The molecule has 0 saturated heterocycles. The van der Waals surface area contributed by atoms with Crippen molar-refractivity contribution in [1.29, 1.82) is 0 Å².